The minimum Gasteiger partial charge on any atom is -0.479 e. The van der Waals surface area contributed by atoms with Crippen LogP contribution in [0.2, 0.25) is 0 Å². The lowest BCUT2D eigenvalue weighted by Crippen LogP contribution is -2.25. The van der Waals surface area contributed by atoms with Gasteiger partial charge in [-0.05, 0) is 12.8 Å². The molecule has 178 valence electrons. The summed E-state index contributed by atoms with van der Waals surface area (Å²) in [4.78, 5) is 21.9. The van der Waals surface area contributed by atoms with E-state index in [0.717, 1.165) is 19.3 Å². The fraction of sp³-hybridized carbons (Fsp3) is 0.923. The zero-order valence-corrected chi connectivity index (χ0v) is 20.1. The molecule has 0 bridgehead atoms. The second kappa shape index (κ2) is 22.6. The van der Waals surface area contributed by atoms with Gasteiger partial charge in [-0.2, -0.15) is 0 Å². The monoisotopic (exact) mass is 426 g/mol. The highest BCUT2D eigenvalue weighted by Gasteiger charge is 2.19. The van der Waals surface area contributed by atoms with Crippen molar-refractivity contribution in [3.8, 4) is 0 Å². The van der Waals surface area contributed by atoms with Crippen LogP contribution in [0.25, 0.3) is 0 Å². The number of carboxylic acid groups (broad SMARTS) is 1. The number of carbonyl (C=O) groups excluding carboxylic acids is 1. The van der Waals surface area contributed by atoms with E-state index in [0.29, 0.717) is 6.42 Å². The van der Waals surface area contributed by atoms with Gasteiger partial charge in [0.15, 0.2) is 6.10 Å². The standard InChI is InChI=1S/C26H50O4/c1-3-4-5-6-7-8-9-10-11-12-13-14-15-16-17-18-19-20-21-22-23-25(26(28)29)30-24(2)27/h25H,3-23H2,1-2H3,(H,28,29)/t25-/m1/s1. The van der Waals surface area contributed by atoms with Crippen molar-refractivity contribution >= 4 is 11.9 Å². The normalized spacial score (nSPS) is 12.1. The van der Waals surface area contributed by atoms with E-state index >= 15 is 0 Å². The molecule has 0 spiro atoms. The third-order valence-corrected chi connectivity index (χ3v) is 5.90. The molecule has 0 aliphatic carbocycles. The summed E-state index contributed by atoms with van der Waals surface area (Å²) in [5.74, 6) is -1.56. The van der Waals surface area contributed by atoms with Crippen molar-refractivity contribution < 1.29 is 19.4 Å². The topological polar surface area (TPSA) is 63.6 Å². The van der Waals surface area contributed by atoms with Crippen LogP contribution in [0, 0.1) is 0 Å². The highest BCUT2D eigenvalue weighted by molar-refractivity contribution is 5.76. The number of hydrogen-bond donors (Lipinski definition) is 1. The predicted octanol–water partition coefficient (Wildman–Crippen LogP) is 8.21. The third-order valence-electron chi connectivity index (χ3n) is 5.90. The van der Waals surface area contributed by atoms with Crippen molar-refractivity contribution in [2.24, 2.45) is 0 Å². The van der Waals surface area contributed by atoms with Crippen LogP contribution in [-0.4, -0.2) is 23.1 Å². The SMILES string of the molecule is CCCCCCCCCCCCCCCCCCCCCC[C@@H](OC(C)=O)C(=O)O. The highest BCUT2D eigenvalue weighted by Crippen LogP contribution is 2.15. The minimum absolute atomic E-state index is 0.424. The van der Waals surface area contributed by atoms with E-state index in [4.69, 9.17) is 9.84 Å². The smallest absolute Gasteiger partial charge is 0.345 e. The molecule has 4 nitrogen and oxygen atoms in total. The zero-order chi connectivity index (χ0) is 22.3. The third kappa shape index (κ3) is 21.6. The summed E-state index contributed by atoms with van der Waals surface area (Å²) in [6.45, 7) is 3.54. The number of carbonyl (C=O) groups is 2. The number of unbranched alkanes of at least 4 members (excludes halogenated alkanes) is 19. The Bertz CT molecular complexity index is 394. The molecule has 1 N–H and O–H groups in total. The van der Waals surface area contributed by atoms with Gasteiger partial charge in [-0.1, -0.05) is 129 Å². The Balaban J connectivity index is 3.21. The van der Waals surface area contributed by atoms with E-state index in [9.17, 15) is 9.59 Å². The first-order valence-corrected chi connectivity index (χ1v) is 13.0. The Morgan fingerprint density at radius 3 is 1.17 bits per heavy atom. The average molecular weight is 427 g/mol. The van der Waals surface area contributed by atoms with Gasteiger partial charge in [0.1, 0.15) is 0 Å². The van der Waals surface area contributed by atoms with Gasteiger partial charge in [0.2, 0.25) is 0 Å². The summed E-state index contributed by atoms with van der Waals surface area (Å²) in [5, 5.41) is 9.00. The molecule has 0 rings (SSSR count). The van der Waals surface area contributed by atoms with E-state index in [1.807, 2.05) is 0 Å². The molecule has 0 aliphatic rings. The second-order valence-corrected chi connectivity index (χ2v) is 8.94. The Labute approximate surface area is 186 Å². The van der Waals surface area contributed by atoms with Crippen LogP contribution >= 0.6 is 0 Å². The number of rotatable bonds is 23. The number of carboxylic acids is 1. The van der Waals surface area contributed by atoms with Crippen molar-refractivity contribution in [2.45, 2.75) is 155 Å². The lowest BCUT2D eigenvalue weighted by Gasteiger charge is -2.11. The zero-order valence-electron chi connectivity index (χ0n) is 20.1. The molecule has 0 radical (unpaired) electrons. The first kappa shape index (κ1) is 28.9. The van der Waals surface area contributed by atoms with Crippen LogP contribution in [0.15, 0.2) is 0 Å². The van der Waals surface area contributed by atoms with Gasteiger partial charge in [-0.15, -0.1) is 0 Å². The average Bonchev–Trinajstić information content (AvgIpc) is 2.71. The highest BCUT2D eigenvalue weighted by atomic mass is 16.6. The van der Waals surface area contributed by atoms with Gasteiger partial charge in [0, 0.05) is 6.92 Å². The molecule has 0 aliphatic heterocycles. The largest absolute Gasteiger partial charge is 0.479 e. The summed E-state index contributed by atoms with van der Waals surface area (Å²) in [5.41, 5.74) is 0. The van der Waals surface area contributed by atoms with Crippen molar-refractivity contribution in [3.05, 3.63) is 0 Å². The summed E-state index contributed by atoms with van der Waals surface area (Å²) >= 11 is 0. The summed E-state index contributed by atoms with van der Waals surface area (Å²) in [7, 11) is 0. The molecule has 4 heteroatoms. The molecule has 1 atom stereocenters. The van der Waals surface area contributed by atoms with Crippen molar-refractivity contribution in [3.63, 3.8) is 0 Å². The Hall–Kier alpha value is -1.06. The minimum atomic E-state index is -1.04. The van der Waals surface area contributed by atoms with Crippen LogP contribution in [0.1, 0.15) is 149 Å². The van der Waals surface area contributed by atoms with Crippen LogP contribution in [-0.2, 0) is 14.3 Å². The van der Waals surface area contributed by atoms with Gasteiger partial charge < -0.3 is 9.84 Å². The molecule has 0 saturated heterocycles. The second-order valence-electron chi connectivity index (χ2n) is 8.94. The fourth-order valence-corrected chi connectivity index (χ4v) is 4.02. The van der Waals surface area contributed by atoms with Gasteiger partial charge >= 0.3 is 11.9 Å². The van der Waals surface area contributed by atoms with Crippen LogP contribution < -0.4 is 0 Å². The maximum absolute atomic E-state index is 11.0. The van der Waals surface area contributed by atoms with Gasteiger partial charge in [-0.25, -0.2) is 4.79 Å². The van der Waals surface area contributed by atoms with Crippen molar-refractivity contribution in [2.75, 3.05) is 0 Å². The number of ether oxygens (including phenoxy) is 1. The van der Waals surface area contributed by atoms with Crippen LogP contribution in [0.3, 0.4) is 0 Å². The molecule has 0 aromatic carbocycles. The molecule has 0 fully saturated rings. The fourth-order valence-electron chi connectivity index (χ4n) is 4.02. The quantitative estimate of drug-likeness (QED) is 0.132. The molecule has 0 saturated carbocycles. The van der Waals surface area contributed by atoms with Crippen LogP contribution in [0.5, 0.6) is 0 Å². The summed E-state index contributed by atoms with van der Waals surface area (Å²) in [6, 6.07) is 0. The maximum Gasteiger partial charge on any atom is 0.345 e. The lowest BCUT2D eigenvalue weighted by molar-refractivity contribution is -0.163. The molecule has 0 heterocycles. The summed E-state index contributed by atoms with van der Waals surface area (Å²) < 4.78 is 4.81. The molecule has 0 unspecified atom stereocenters. The van der Waals surface area contributed by atoms with E-state index in [1.54, 1.807) is 0 Å². The maximum atomic E-state index is 11.0. The Morgan fingerprint density at radius 1 is 0.600 bits per heavy atom. The molecular formula is C26H50O4. The van der Waals surface area contributed by atoms with Gasteiger partial charge in [0.05, 0.1) is 0 Å². The van der Waals surface area contributed by atoms with Crippen molar-refractivity contribution in [1.82, 2.24) is 0 Å². The molecule has 30 heavy (non-hydrogen) atoms. The van der Waals surface area contributed by atoms with Gasteiger partial charge in [0.25, 0.3) is 0 Å². The van der Waals surface area contributed by atoms with Crippen LogP contribution in [0.4, 0.5) is 0 Å². The number of hydrogen-bond acceptors (Lipinski definition) is 3. The first-order chi connectivity index (χ1) is 14.6. The predicted molar refractivity (Wildman–Crippen MR) is 126 cm³/mol. The Kier molecular flexibility index (Phi) is 21.8. The van der Waals surface area contributed by atoms with Gasteiger partial charge in [-0.3, -0.25) is 4.79 Å². The van der Waals surface area contributed by atoms with Crippen molar-refractivity contribution in [1.29, 1.82) is 0 Å². The first-order valence-electron chi connectivity index (χ1n) is 13.0. The van der Waals surface area contributed by atoms with E-state index in [2.05, 4.69) is 6.92 Å². The molecule has 0 aromatic rings. The molecular weight excluding hydrogens is 376 g/mol. The number of esters is 1. The Morgan fingerprint density at radius 2 is 0.900 bits per heavy atom. The van der Waals surface area contributed by atoms with E-state index < -0.39 is 18.0 Å². The number of aliphatic carboxylic acids is 1. The molecule has 0 aromatic heterocycles. The lowest BCUT2D eigenvalue weighted by atomic mass is 10.0. The summed E-state index contributed by atoms with van der Waals surface area (Å²) in [6.07, 6.45) is 26.0. The van der Waals surface area contributed by atoms with E-state index in [-0.39, 0.29) is 0 Å². The molecule has 0 amide bonds. The van der Waals surface area contributed by atoms with E-state index in [1.165, 1.54) is 116 Å².